The van der Waals surface area contributed by atoms with E-state index in [4.69, 9.17) is 20.3 Å². The van der Waals surface area contributed by atoms with Gasteiger partial charge in [-0.1, -0.05) is 0 Å². The van der Waals surface area contributed by atoms with Crippen LogP contribution in [-0.4, -0.2) is 69.3 Å². The maximum absolute atomic E-state index is 11.4. The standard InChI is InChI=1S/C11H17N5O10P2/c12-10-8-11(14-3-13-10)16(4-15-8)7-1-5(17)9(25-7)6(18)2-24-28(22,23)26-27(19,20)21/h3-7,9,17-18H,1-2H2,(H,22,23)(H2,12,13,14)(H2,19,20,21)/t5-,6?,7+,9-/m0/s1. The van der Waals surface area contributed by atoms with Gasteiger partial charge in [0.15, 0.2) is 11.5 Å². The van der Waals surface area contributed by atoms with Gasteiger partial charge in [-0.05, 0) is 0 Å². The van der Waals surface area contributed by atoms with Crippen molar-refractivity contribution in [3.8, 4) is 0 Å². The third kappa shape index (κ3) is 4.72. The SMILES string of the molecule is Nc1ncnc2c1ncn2[C@H]1C[C@H](O)[C@@H](C(O)COP(=O)(O)OP(=O)(O)O)O1. The smallest absolute Gasteiger partial charge is 0.390 e. The Hall–Kier alpha value is -1.51. The van der Waals surface area contributed by atoms with E-state index in [0.29, 0.717) is 11.2 Å². The summed E-state index contributed by atoms with van der Waals surface area (Å²) in [6.45, 7) is -0.901. The molecular weight excluding hydrogens is 424 g/mol. The molecule has 1 aliphatic heterocycles. The number of imidazole rings is 1. The number of ether oxygens (including phenoxy) is 1. The molecule has 2 aromatic rings. The van der Waals surface area contributed by atoms with Crippen molar-refractivity contribution < 1.29 is 47.6 Å². The minimum Gasteiger partial charge on any atom is -0.390 e. The number of anilines is 1. The van der Waals surface area contributed by atoms with Crippen LogP contribution in [0.15, 0.2) is 12.7 Å². The van der Waals surface area contributed by atoms with Crippen LogP contribution in [0.3, 0.4) is 0 Å². The van der Waals surface area contributed by atoms with Gasteiger partial charge in [0.05, 0.1) is 19.0 Å². The van der Waals surface area contributed by atoms with E-state index in [1.165, 1.54) is 17.2 Å². The molecule has 156 valence electrons. The summed E-state index contributed by atoms with van der Waals surface area (Å²) in [5, 5.41) is 20.2. The van der Waals surface area contributed by atoms with E-state index in [-0.39, 0.29) is 12.2 Å². The number of nitrogen functional groups attached to an aromatic ring is 1. The second-order valence-electron chi connectivity index (χ2n) is 5.85. The highest BCUT2D eigenvalue weighted by molar-refractivity contribution is 7.60. The number of aliphatic hydroxyl groups excluding tert-OH is 2. The number of aromatic nitrogens is 4. The highest BCUT2D eigenvalue weighted by atomic mass is 31.3. The summed E-state index contributed by atoms with van der Waals surface area (Å²) >= 11 is 0. The van der Waals surface area contributed by atoms with E-state index in [1.54, 1.807) is 0 Å². The third-order valence-electron chi connectivity index (χ3n) is 3.83. The fourth-order valence-electron chi connectivity index (χ4n) is 2.70. The highest BCUT2D eigenvalue weighted by Gasteiger charge is 2.41. The summed E-state index contributed by atoms with van der Waals surface area (Å²) in [7, 11) is -10.4. The number of fused-ring (bicyclic) bond motifs is 1. The first kappa shape index (κ1) is 21.2. The Kier molecular flexibility index (Phi) is 5.85. The quantitative estimate of drug-likeness (QED) is 0.273. The molecule has 2 unspecified atom stereocenters. The molecule has 0 aliphatic carbocycles. The molecule has 0 radical (unpaired) electrons. The Morgan fingerprint density at radius 3 is 2.71 bits per heavy atom. The summed E-state index contributed by atoms with van der Waals surface area (Å²) in [5.74, 6) is 0.149. The number of hydrogen-bond donors (Lipinski definition) is 6. The van der Waals surface area contributed by atoms with E-state index in [9.17, 15) is 24.2 Å². The second kappa shape index (κ2) is 7.72. The van der Waals surface area contributed by atoms with Gasteiger partial charge in [0.2, 0.25) is 0 Å². The zero-order chi connectivity index (χ0) is 20.7. The van der Waals surface area contributed by atoms with Gasteiger partial charge in [0, 0.05) is 6.42 Å². The molecule has 1 aliphatic rings. The molecule has 0 spiro atoms. The summed E-state index contributed by atoms with van der Waals surface area (Å²) in [5.41, 5.74) is 6.37. The number of nitrogens with zero attached hydrogens (tertiary/aromatic N) is 4. The fourth-order valence-corrected chi connectivity index (χ4v) is 4.30. The van der Waals surface area contributed by atoms with Crippen molar-refractivity contribution in [2.45, 2.75) is 31.0 Å². The van der Waals surface area contributed by atoms with E-state index >= 15 is 0 Å². The fraction of sp³-hybridized carbons (Fsp3) is 0.545. The summed E-state index contributed by atoms with van der Waals surface area (Å²) in [6, 6.07) is 0. The van der Waals surface area contributed by atoms with Crippen LogP contribution in [0.1, 0.15) is 12.6 Å². The lowest BCUT2D eigenvalue weighted by molar-refractivity contribution is -0.0939. The van der Waals surface area contributed by atoms with Crippen LogP contribution in [0.25, 0.3) is 11.2 Å². The van der Waals surface area contributed by atoms with Crippen LogP contribution in [0, 0.1) is 0 Å². The molecule has 1 fully saturated rings. The van der Waals surface area contributed by atoms with E-state index in [0.717, 1.165) is 0 Å². The van der Waals surface area contributed by atoms with Gasteiger partial charge in [-0.15, -0.1) is 0 Å². The largest absolute Gasteiger partial charge is 0.481 e. The molecule has 28 heavy (non-hydrogen) atoms. The van der Waals surface area contributed by atoms with Crippen molar-refractivity contribution in [1.82, 2.24) is 19.5 Å². The number of phosphoric ester groups is 1. The summed E-state index contributed by atoms with van der Waals surface area (Å²) in [4.78, 5) is 38.2. The van der Waals surface area contributed by atoms with Gasteiger partial charge in [-0.2, -0.15) is 4.31 Å². The van der Waals surface area contributed by atoms with Crippen LogP contribution in [0.2, 0.25) is 0 Å². The van der Waals surface area contributed by atoms with Gasteiger partial charge < -0.3 is 35.4 Å². The lowest BCUT2D eigenvalue weighted by Gasteiger charge is -2.22. The molecule has 0 bridgehead atoms. The Morgan fingerprint density at radius 1 is 1.32 bits per heavy atom. The number of aliphatic hydroxyl groups is 2. The van der Waals surface area contributed by atoms with Gasteiger partial charge in [-0.25, -0.2) is 24.1 Å². The Bertz CT molecular complexity index is 949. The Balaban J connectivity index is 1.67. The number of hydrogen-bond acceptors (Lipinski definition) is 11. The van der Waals surface area contributed by atoms with Crippen LogP contribution in [0.5, 0.6) is 0 Å². The molecular formula is C11H17N5O10P2. The van der Waals surface area contributed by atoms with E-state index in [1.807, 2.05) is 0 Å². The molecule has 0 amide bonds. The first-order valence-electron chi connectivity index (χ1n) is 7.65. The molecule has 15 nitrogen and oxygen atoms in total. The van der Waals surface area contributed by atoms with Crippen molar-refractivity contribution in [2.75, 3.05) is 12.3 Å². The Labute approximate surface area is 156 Å². The van der Waals surface area contributed by atoms with Gasteiger partial charge >= 0.3 is 15.6 Å². The topological polar surface area (TPSA) is 233 Å². The molecule has 5 atom stereocenters. The molecule has 0 aromatic carbocycles. The molecule has 0 saturated carbocycles. The van der Waals surface area contributed by atoms with E-state index < -0.39 is 46.8 Å². The average Bonchev–Trinajstić information content (AvgIpc) is 3.15. The zero-order valence-electron chi connectivity index (χ0n) is 13.9. The number of rotatable bonds is 7. The number of phosphoric acid groups is 2. The van der Waals surface area contributed by atoms with Gasteiger partial charge in [-0.3, -0.25) is 9.09 Å². The van der Waals surface area contributed by atoms with Gasteiger partial charge in [0.25, 0.3) is 0 Å². The maximum atomic E-state index is 11.4. The molecule has 3 rings (SSSR count). The molecule has 3 heterocycles. The molecule has 2 aromatic heterocycles. The van der Waals surface area contributed by atoms with Crippen molar-refractivity contribution >= 4 is 32.6 Å². The first-order chi connectivity index (χ1) is 13.0. The van der Waals surface area contributed by atoms with Crippen LogP contribution in [0.4, 0.5) is 5.82 Å². The van der Waals surface area contributed by atoms with Crippen LogP contribution < -0.4 is 5.73 Å². The molecule has 1 saturated heterocycles. The highest BCUT2D eigenvalue weighted by Crippen LogP contribution is 2.57. The zero-order valence-corrected chi connectivity index (χ0v) is 15.7. The minimum absolute atomic E-state index is 0.0207. The van der Waals surface area contributed by atoms with Crippen molar-refractivity contribution in [2.24, 2.45) is 0 Å². The Morgan fingerprint density at radius 2 is 2.04 bits per heavy atom. The number of nitrogens with two attached hydrogens (primary N) is 1. The molecule has 7 N–H and O–H groups in total. The second-order valence-corrected chi connectivity index (χ2v) is 8.67. The lowest BCUT2D eigenvalue weighted by atomic mass is 10.1. The lowest BCUT2D eigenvalue weighted by Crippen LogP contribution is -2.37. The normalized spacial score (nSPS) is 26.4. The maximum Gasteiger partial charge on any atom is 0.481 e. The van der Waals surface area contributed by atoms with Crippen LogP contribution in [-0.2, 0) is 22.7 Å². The van der Waals surface area contributed by atoms with E-state index in [2.05, 4.69) is 23.8 Å². The van der Waals surface area contributed by atoms with Crippen molar-refractivity contribution in [1.29, 1.82) is 0 Å². The molecule has 17 heteroatoms. The van der Waals surface area contributed by atoms with Crippen molar-refractivity contribution in [3.63, 3.8) is 0 Å². The van der Waals surface area contributed by atoms with Crippen molar-refractivity contribution in [3.05, 3.63) is 12.7 Å². The average molecular weight is 441 g/mol. The predicted octanol–water partition coefficient (Wildman–Crippen LogP) is -1.36. The summed E-state index contributed by atoms with van der Waals surface area (Å²) in [6.07, 6.45) is -2.23. The first-order valence-corrected chi connectivity index (χ1v) is 10.7. The monoisotopic (exact) mass is 441 g/mol. The van der Waals surface area contributed by atoms with Crippen LogP contribution >= 0.6 is 15.6 Å². The predicted molar refractivity (Wildman–Crippen MR) is 89.2 cm³/mol. The minimum atomic E-state index is -5.29. The van der Waals surface area contributed by atoms with Gasteiger partial charge in [0.1, 0.15) is 30.3 Å². The third-order valence-corrected chi connectivity index (χ3v) is 5.98. The summed E-state index contributed by atoms with van der Waals surface area (Å²) < 4.78 is 37.0.